The second-order valence-electron chi connectivity index (χ2n) is 4.72. The molecule has 0 radical (unpaired) electrons. The minimum absolute atomic E-state index is 0.0588. The number of amides is 1. The molecule has 0 spiro atoms. The summed E-state index contributed by atoms with van der Waals surface area (Å²) >= 11 is 0. The molecule has 3 N–H and O–H groups in total. The van der Waals surface area contributed by atoms with Crippen molar-refractivity contribution < 1.29 is 14.3 Å². The van der Waals surface area contributed by atoms with Gasteiger partial charge in [-0.1, -0.05) is 13.8 Å². The van der Waals surface area contributed by atoms with Crippen molar-refractivity contribution in [2.45, 2.75) is 19.9 Å². The van der Waals surface area contributed by atoms with Gasteiger partial charge in [0.1, 0.15) is 11.5 Å². The molecule has 1 atom stereocenters. The highest BCUT2D eigenvalue weighted by Crippen LogP contribution is 2.22. The van der Waals surface area contributed by atoms with E-state index < -0.39 is 0 Å². The van der Waals surface area contributed by atoms with Crippen LogP contribution in [0.25, 0.3) is 0 Å². The average Bonchev–Trinajstić information content (AvgIpc) is 2.43. The summed E-state index contributed by atoms with van der Waals surface area (Å²) < 4.78 is 10.3. The number of carbonyl (C=O) groups excluding carboxylic acids is 1. The summed E-state index contributed by atoms with van der Waals surface area (Å²) in [6, 6.07) is 4.99. The normalized spacial score (nSPS) is 12.1. The minimum Gasteiger partial charge on any atom is -0.497 e. The summed E-state index contributed by atoms with van der Waals surface area (Å²) in [5.74, 6) is 1.30. The van der Waals surface area contributed by atoms with Gasteiger partial charge in [0.15, 0.2) is 0 Å². The van der Waals surface area contributed by atoms with Crippen LogP contribution in [0.5, 0.6) is 11.5 Å². The van der Waals surface area contributed by atoms with Crippen molar-refractivity contribution in [3.8, 4) is 11.5 Å². The predicted octanol–water partition coefficient (Wildman–Crippen LogP) is 1.42. The number of nitrogens with one attached hydrogen (secondary N) is 1. The Balaban J connectivity index is 2.76. The van der Waals surface area contributed by atoms with E-state index in [4.69, 9.17) is 15.2 Å². The van der Waals surface area contributed by atoms with Gasteiger partial charge in [-0.25, -0.2) is 0 Å². The van der Waals surface area contributed by atoms with Crippen LogP contribution in [0.3, 0.4) is 0 Å². The van der Waals surface area contributed by atoms with Crippen LogP contribution in [0.15, 0.2) is 18.2 Å². The summed E-state index contributed by atoms with van der Waals surface area (Å²) in [5.41, 5.74) is 6.38. The van der Waals surface area contributed by atoms with Crippen molar-refractivity contribution in [3.05, 3.63) is 23.8 Å². The van der Waals surface area contributed by atoms with Crippen molar-refractivity contribution in [2.24, 2.45) is 11.7 Å². The molecule has 1 rings (SSSR count). The zero-order chi connectivity index (χ0) is 14.4. The maximum absolute atomic E-state index is 12.0. The smallest absolute Gasteiger partial charge is 0.251 e. The van der Waals surface area contributed by atoms with E-state index in [1.54, 1.807) is 32.4 Å². The highest BCUT2D eigenvalue weighted by atomic mass is 16.5. The molecule has 5 nitrogen and oxygen atoms in total. The maximum Gasteiger partial charge on any atom is 0.251 e. The monoisotopic (exact) mass is 266 g/mol. The molecule has 0 fully saturated rings. The molecule has 0 aliphatic heterocycles. The van der Waals surface area contributed by atoms with E-state index in [0.717, 1.165) is 0 Å². The van der Waals surface area contributed by atoms with Gasteiger partial charge in [0.25, 0.3) is 5.91 Å². The highest BCUT2D eigenvalue weighted by Gasteiger charge is 2.12. The number of nitrogens with two attached hydrogens (primary N) is 1. The first-order valence-electron chi connectivity index (χ1n) is 6.24. The zero-order valence-electron chi connectivity index (χ0n) is 11.9. The van der Waals surface area contributed by atoms with E-state index in [-0.39, 0.29) is 11.9 Å². The van der Waals surface area contributed by atoms with Crippen LogP contribution in [0.2, 0.25) is 0 Å². The van der Waals surface area contributed by atoms with Gasteiger partial charge in [-0.05, 0) is 18.1 Å². The summed E-state index contributed by atoms with van der Waals surface area (Å²) in [6.07, 6.45) is 0. The Morgan fingerprint density at radius 1 is 1.21 bits per heavy atom. The van der Waals surface area contributed by atoms with Crippen molar-refractivity contribution >= 4 is 5.91 Å². The standard InChI is InChI=1S/C14H22N2O3/c1-9(2)13(15)8-16-14(17)10-5-11(18-3)7-12(6-10)19-4/h5-7,9,13H,8,15H2,1-4H3,(H,16,17). The number of carbonyl (C=O) groups is 1. The summed E-state index contributed by atoms with van der Waals surface area (Å²) in [6.45, 7) is 4.48. The van der Waals surface area contributed by atoms with Crippen molar-refractivity contribution in [3.63, 3.8) is 0 Å². The Labute approximate surface area is 114 Å². The van der Waals surface area contributed by atoms with Crippen LogP contribution in [0.4, 0.5) is 0 Å². The molecule has 0 saturated heterocycles. The number of hydrogen-bond donors (Lipinski definition) is 2. The number of ether oxygens (including phenoxy) is 2. The molecule has 1 amide bonds. The molecule has 106 valence electrons. The van der Waals surface area contributed by atoms with E-state index in [1.807, 2.05) is 13.8 Å². The number of rotatable bonds is 6. The van der Waals surface area contributed by atoms with E-state index in [1.165, 1.54) is 0 Å². The summed E-state index contributed by atoms with van der Waals surface area (Å²) in [4.78, 5) is 12.0. The van der Waals surface area contributed by atoms with Crippen LogP contribution in [0, 0.1) is 5.92 Å². The van der Waals surface area contributed by atoms with E-state index in [9.17, 15) is 4.79 Å². The third-order valence-electron chi connectivity index (χ3n) is 2.97. The topological polar surface area (TPSA) is 73.6 Å². The summed E-state index contributed by atoms with van der Waals surface area (Å²) in [7, 11) is 3.09. The zero-order valence-corrected chi connectivity index (χ0v) is 11.9. The molecule has 0 aliphatic rings. The van der Waals surface area contributed by atoms with Gasteiger partial charge < -0.3 is 20.5 Å². The van der Waals surface area contributed by atoms with Gasteiger partial charge in [-0.15, -0.1) is 0 Å². The molecule has 0 bridgehead atoms. The molecular weight excluding hydrogens is 244 g/mol. The number of hydrogen-bond acceptors (Lipinski definition) is 4. The van der Waals surface area contributed by atoms with Gasteiger partial charge in [0, 0.05) is 24.2 Å². The van der Waals surface area contributed by atoms with Gasteiger partial charge >= 0.3 is 0 Å². The van der Waals surface area contributed by atoms with E-state index in [2.05, 4.69) is 5.32 Å². The first kappa shape index (κ1) is 15.3. The Morgan fingerprint density at radius 2 is 1.74 bits per heavy atom. The molecule has 0 saturated carbocycles. The fraction of sp³-hybridized carbons (Fsp3) is 0.500. The lowest BCUT2D eigenvalue weighted by Gasteiger charge is -2.16. The second-order valence-corrected chi connectivity index (χ2v) is 4.72. The number of methoxy groups -OCH3 is 2. The lowest BCUT2D eigenvalue weighted by Crippen LogP contribution is -2.40. The Bertz CT molecular complexity index is 410. The molecule has 1 unspecified atom stereocenters. The van der Waals surface area contributed by atoms with E-state index >= 15 is 0 Å². The van der Waals surface area contributed by atoms with Crippen LogP contribution < -0.4 is 20.5 Å². The van der Waals surface area contributed by atoms with Crippen molar-refractivity contribution in [1.82, 2.24) is 5.32 Å². The largest absolute Gasteiger partial charge is 0.497 e. The average molecular weight is 266 g/mol. The maximum atomic E-state index is 12.0. The van der Waals surface area contributed by atoms with Crippen LogP contribution >= 0.6 is 0 Å². The Kier molecular flexibility index (Phi) is 5.63. The predicted molar refractivity (Wildman–Crippen MR) is 74.7 cm³/mol. The van der Waals surface area contributed by atoms with Gasteiger partial charge in [0.2, 0.25) is 0 Å². The molecule has 1 aromatic rings. The molecule has 19 heavy (non-hydrogen) atoms. The lowest BCUT2D eigenvalue weighted by atomic mass is 10.1. The van der Waals surface area contributed by atoms with Gasteiger partial charge in [0.05, 0.1) is 14.2 Å². The van der Waals surface area contributed by atoms with Gasteiger partial charge in [-0.2, -0.15) is 0 Å². The SMILES string of the molecule is COc1cc(OC)cc(C(=O)NCC(N)C(C)C)c1. The molecule has 5 heteroatoms. The van der Waals surface area contributed by atoms with Crippen LogP contribution in [-0.4, -0.2) is 32.7 Å². The minimum atomic E-state index is -0.187. The first-order chi connectivity index (χ1) is 8.97. The molecule has 0 aliphatic carbocycles. The highest BCUT2D eigenvalue weighted by molar-refractivity contribution is 5.95. The molecule has 0 heterocycles. The van der Waals surface area contributed by atoms with E-state index in [0.29, 0.717) is 29.5 Å². The molecule has 0 aromatic heterocycles. The number of benzene rings is 1. The Morgan fingerprint density at radius 3 is 2.16 bits per heavy atom. The fourth-order valence-corrected chi connectivity index (χ4v) is 1.49. The van der Waals surface area contributed by atoms with Crippen LogP contribution in [0.1, 0.15) is 24.2 Å². The third kappa shape index (κ3) is 4.44. The van der Waals surface area contributed by atoms with Crippen molar-refractivity contribution in [2.75, 3.05) is 20.8 Å². The quantitative estimate of drug-likeness (QED) is 0.816. The first-order valence-corrected chi connectivity index (χ1v) is 6.24. The molecule has 1 aromatic carbocycles. The van der Waals surface area contributed by atoms with Crippen LogP contribution in [-0.2, 0) is 0 Å². The Hall–Kier alpha value is -1.75. The molecular formula is C14H22N2O3. The van der Waals surface area contributed by atoms with Gasteiger partial charge in [-0.3, -0.25) is 4.79 Å². The van der Waals surface area contributed by atoms with Crippen molar-refractivity contribution in [1.29, 1.82) is 0 Å². The third-order valence-corrected chi connectivity index (χ3v) is 2.97. The lowest BCUT2D eigenvalue weighted by molar-refractivity contribution is 0.0948. The fourth-order valence-electron chi connectivity index (χ4n) is 1.49. The second kappa shape index (κ2) is 6.99. The summed E-state index contributed by atoms with van der Waals surface area (Å²) in [5, 5.41) is 2.81.